The molecule has 123 heavy (non-hydrogen) atoms. The number of nitrogens with zero attached hydrogens (tertiary/aromatic N) is 3. The van der Waals surface area contributed by atoms with Crippen LogP contribution in [0.1, 0.15) is 327 Å². The predicted octanol–water partition coefficient (Wildman–Crippen LogP) is 15.7. The molecule has 6 rings (SSSR count). The molecule has 7 amide bonds. The van der Waals surface area contributed by atoms with E-state index in [-0.39, 0.29) is 121 Å². The van der Waals surface area contributed by atoms with E-state index in [2.05, 4.69) is 35.1 Å². The van der Waals surface area contributed by atoms with Crippen LogP contribution in [0.3, 0.4) is 0 Å². The minimum Gasteiger partial charge on any atom is -0.507 e. The third-order valence-electron chi connectivity index (χ3n) is 24.1. The van der Waals surface area contributed by atoms with Crippen molar-refractivity contribution in [1.82, 2.24) is 36.0 Å². The molecule has 2 aliphatic heterocycles. The maximum Gasteiger partial charge on any atom is 0.245 e. The quantitative estimate of drug-likeness (QED) is 0.0184. The topological polar surface area (TPSA) is 384 Å². The van der Waals surface area contributed by atoms with Crippen LogP contribution in [0, 0.1) is 17.8 Å². The van der Waals surface area contributed by atoms with Gasteiger partial charge in [-0.3, -0.25) is 57.5 Å². The average Bonchev–Trinajstić information content (AvgIpc) is 0.791. The maximum absolute atomic E-state index is 14.0. The van der Waals surface area contributed by atoms with Gasteiger partial charge in [-0.15, -0.1) is 0 Å². The first-order valence-corrected chi connectivity index (χ1v) is 45.9. The van der Waals surface area contributed by atoms with Gasteiger partial charge in [-0.2, -0.15) is 0 Å². The number of ketones is 5. The highest BCUT2D eigenvalue weighted by Gasteiger charge is 2.37. The molecule has 0 saturated heterocycles. The molecule has 0 aromatic heterocycles. The van der Waals surface area contributed by atoms with Gasteiger partial charge in [-0.05, 0) is 124 Å². The highest BCUT2D eigenvalue weighted by molar-refractivity contribution is 5.98. The van der Waals surface area contributed by atoms with E-state index in [0.29, 0.717) is 47.9 Å². The van der Waals surface area contributed by atoms with Crippen molar-refractivity contribution in [2.45, 2.75) is 348 Å². The highest BCUT2D eigenvalue weighted by Crippen LogP contribution is 2.42. The Morgan fingerprint density at radius 2 is 0.724 bits per heavy atom. The Kier molecular flexibility index (Phi) is 47.3. The highest BCUT2D eigenvalue weighted by atomic mass is 16.3. The normalized spacial score (nSPS) is 17.7. The second-order valence-corrected chi connectivity index (χ2v) is 34.9. The van der Waals surface area contributed by atoms with Crippen molar-refractivity contribution in [3.8, 4) is 45.3 Å². The van der Waals surface area contributed by atoms with Crippen LogP contribution in [-0.4, -0.2) is 180 Å². The van der Waals surface area contributed by atoms with Gasteiger partial charge in [0, 0.05) is 125 Å². The van der Waals surface area contributed by atoms with Crippen LogP contribution >= 0.6 is 0 Å². The molecular weight excluding hydrogens is 1560 g/mol. The number of carbonyl (C=O) groups excluding carboxylic acids is 12. The molecule has 2 aliphatic rings. The van der Waals surface area contributed by atoms with Crippen molar-refractivity contribution in [2.24, 2.45) is 17.8 Å². The summed E-state index contributed by atoms with van der Waals surface area (Å²) in [4.78, 5) is 163. The molecule has 0 fully saturated rings. The zero-order valence-corrected chi connectivity index (χ0v) is 75.6. The van der Waals surface area contributed by atoms with E-state index in [1.165, 1.54) is 215 Å². The number of amides is 7. The molecule has 0 radical (unpaired) electrons. The standard InChI is InChI=1S/C50H76N4O9.C48H71N3O9/c1-7-8-9-10-11-12-13-14-15-16-17-18-19-20-21-22-46(60)53(5)41(33-55)50(63)52-36(4)42(56)27-28-47(61)54(6)48-38-24-26-44(58)40(32-38)39-31-37(23-25-43(39)57)30-35(3)51-49(62)34(2)29-45(48)59;1-6-7-8-9-10-11-12-13-14-15-16-17-18-19-38(53)29-37(31-52)48(60)50-34(4)41(54)24-25-45(58)51(5)46-36-21-23-43(56)40(30-36)39-28-35(20-22-42(39)55)27-33(3)49-47(59)32(2)26-44(46)57/h23-26,31-32,34-36,41,48,55,57-58H,7-22,27-30,33H2,1-6H3,(H,51,62)(H,52,63);20-23,28,30,32-34,37,46,52,55-56H,6-19,24-27,29,31H2,1-5H3,(H,49,59)(H,50,60)/t34-,35-,36-,41-,48+;32-,33-,34-,37-,46+/m11/s1. The fourth-order valence-corrected chi connectivity index (χ4v) is 16.2. The first-order chi connectivity index (χ1) is 58.7. The van der Waals surface area contributed by atoms with Crippen molar-refractivity contribution in [3.05, 3.63) is 95.1 Å². The SMILES string of the molecule is CCCCCCCCCCCCCCCC(=O)C[C@H](CO)C(=O)N[C@H](C)C(=O)CCC(=O)N(C)[C@@H]1C(=O)C[C@@H](C)C(=O)N[C@H](C)Cc2ccc(O)c(c2)-c2cc1ccc2O.CCCCCCCCCCCCCCCCCC(=O)N(C)[C@H](CO)C(=O)N[C@H](C)C(=O)CCC(=O)N(C)[C@@H]1C(=O)C[C@@H](C)C(=O)N[C@H](C)Cc2ccc(O)c(c2)-c2cc1ccc2O. The van der Waals surface area contributed by atoms with E-state index in [0.717, 1.165) is 56.1 Å². The van der Waals surface area contributed by atoms with Gasteiger partial charge >= 0.3 is 0 Å². The zero-order chi connectivity index (χ0) is 90.7. The van der Waals surface area contributed by atoms with Gasteiger partial charge in [0.05, 0.1) is 31.2 Å². The second kappa shape index (κ2) is 55.8. The predicted molar refractivity (Wildman–Crippen MR) is 479 cm³/mol. The van der Waals surface area contributed by atoms with Gasteiger partial charge < -0.3 is 66.6 Å². The fourth-order valence-electron chi connectivity index (χ4n) is 16.2. The summed E-state index contributed by atoms with van der Waals surface area (Å²) in [6, 6.07) is 12.6. The summed E-state index contributed by atoms with van der Waals surface area (Å²) in [5, 5.41) is 74.4. The van der Waals surface area contributed by atoms with E-state index < -0.39 is 108 Å². The van der Waals surface area contributed by atoms with Crippen LogP contribution in [0.5, 0.6) is 23.0 Å². The molecule has 25 nitrogen and oxygen atoms in total. The Morgan fingerprint density at radius 3 is 1.07 bits per heavy atom. The van der Waals surface area contributed by atoms with Crippen molar-refractivity contribution < 1.29 is 88.2 Å². The first-order valence-electron chi connectivity index (χ1n) is 45.9. The number of phenols is 4. The maximum atomic E-state index is 14.0. The van der Waals surface area contributed by atoms with Gasteiger partial charge in [0.25, 0.3) is 0 Å². The lowest BCUT2D eigenvalue weighted by Gasteiger charge is -2.30. The minimum absolute atomic E-state index is 0.0995. The van der Waals surface area contributed by atoms with Gasteiger partial charge in [0.2, 0.25) is 41.4 Å². The molecule has 0 unspecified atom stereocenters. The molecule has 4 aromatic rings. The number of aliphatic hydroxyl groups excluding tert-OH is 2. The summed E-state index contributed by atoms with van der Waals surface area (Å²) in [7, 11) is 4.33. The third-order valence-corrected chi connectivity index (χ3v) is 24.1. The number of hydrogen-bond acceptors (Lipinski definition) is 18. The van der Waals surface area contributed by atoms with E-state index in [1.54, 1.807) is 50.2 Å². The summed E-state index contributed by atoms with van der Waals surface area (Å²) in [5.74, 6) is -8.12. The Bertz CT molecular complexity index is 4070. The lowest BCUT2D eigenvalue weighted by atomic mass is 9.90. The molecule has 10 atom stereocenters. The largest absolute Gasteiger partial charge is 0.507 e. The zero-order valence-electron chi connectivity index (χ0n) is 75.6. The molecule has 0 aliphatic carbocycles. The summed E-state index contributed by atoms with van der Waals surface area (Å²) in [6.07, 6.45) is 33.6. The number of unbranched alkanes of at least 4 members (excludes halogenated alkanes) is 26. The number of aliphatic hydroxyl groups is 2. The monoisotopic (exact) mass is 1710 g/mol. The number of Topliss-reactive ketones (excluding diaryl/α,β-unsaturated/α-hetero) is 5. The van der Waals surface area contributed by atoms with Gasteiger partial charge in [0.1, 0.15) is 46.9 Å². The van der Waals surface area contributed by atoms with Crippen LogP contribution in [0.25, 0.3) is 22.3 Å². The Morgan fingerprint density at radius 1 is 0.398 bits per heavy atom. The summed E-state index contributed by atoms with van der Waals surface area (Å²) in [5.41, 5.74) is 3.44. The molecule has 0 spiro atoms. The number of fused-ring (bicyclic) bond motifs is 10. The number of benzene rings is 4. The van der Waals surface area contributed by atoms with Crippen molar-refractivity contribution in [2.75, 3.05) is 34.4 Å². The molecule has 25 heteroatoms. The van der Waals surface area contributed by atoms with Crippen molar-refractivity contribution >= 4 is 70.3 Å². The summed E-state index contributed by atoms with van der Waals surface area (Å²) in [6.45, 7) is 13.2. The molecule has 2 heterocycles. The van der Waals surface area contributed by atoms with E-state index >= 15 is 0 Å². The lowest BCUT2D eigenvalue weighted by Crippen LogP contribution is -2.53. The van der Waals surface area contributed by atoms with Gasteiger partial charge in [0.15, 0.2) is 23.1 Å². The summed E-state index contributed by atoms with van der Waals surface area (Å²) >= 11 is 0. The Balaban J connectivity index is 0.000000438. The molecule has 8 bridgehead atoms. The number of rotatable bonds is 49. The van der Waals surface area contributed by atoms with Gasteiger partial charge in [-0.1, -0.05) is 219 Å². The van der Waals surface area contributed by atoms with Crippen molar-refractivity contribution in [3.63, 3.8) is 0 Å². The second-order valence-electron chi connectivity index (χ2n) is 34.9. The van der Waals surface area contributed by atoms with Crippen LogP contribution in [0.15, 0.2) is 72.8 Å². The Hall–Kier alpha value is -9.36. The number of likely N-dealkylation sites (N-methyl/N-ethyl adjacent to an activating group) is 3. The molecular formula is C98H147N7O18. The van der Waals surface area contributed by atoms with Crippen LogP contribution < -0.4 is 21.3 Å². The number of carbonyl (C=O) groups is 12. The molecule has 10 N–H and O–H groups in total. The third kappa shape index (κ3) is 35.7. The van der Waals surface area contributed by atoms with E-state index in [9.17, 15) is 88.2 Å². The molecule has 4 aromatic carbocycles. The number of nitrogens with one attached hydrogen (secondary N) is 4. The first kappa shape index (κ1) is 104. The van der Waals surface area contributed by atoms with Crippen LogP contribution in [0.2, 0.25) is 0 Å². The number of phenolic OH excluding ortho intramolecular Hbond substituents is 4. The fraction of sp³-hybridized carbons (Fsp3) is 0.633. The smallest absolute Gasteiger partial charge is 0.245 e. The van der Waals surface area contributed by atoms with Gasteiger partial charge in [-0.25, -0.2) is 0 Å². The molecule has 0 saturated carbocycles. The number of hydrogen-bond donors (Lipinski definition) is 10. The summed E-state index contributed by atoms with van der Waals surface area (Å²) < 4.78 is 0. The van der Waals surface area contributed by atoms with E-state index in [4.69, 9.17) is 0 Å². The average molecular weight is 1710 g/mol. The molecule has 682 valence electrons. The van der Waals surface area contributed by atoms with Crippen LogP contribution in [0.4, 0.5) is 0 Å². The minimum atomic E-state index is -1.20. The Labute approximate surface area is 731 Å². The number of aromatic hydroxyl groups is 4. The van der Waals surface area contributed by atoms with Crippen molar-refractivity contribution in [1.29, 1.82) is 0 Å². The lowest BCUT2D eigenvalue weighted by molar-refractivity contribution is -0.141. The van der Waals surface area contributed by atoms with E-state index in [1.807, 2.05) is 13.8 Å². The van der Waals surface area contributed by atoms with Crippen LogP contribution in [-0.2, 0) is 70.4 Å².